The molecule has 3 aromatic carbocycles. The maximum atomic E-state index is 14.0. The fourth-order valence-corrected chi connectivity index (χ4v) is 5.71. The maximum absolute atomic E-state index is 14.0. The number of aromatic nitrogens is 2. The summed E-state index contributed by atoms with van der Waals surface area (Å²) in [5, 5.41) is 3.69. The highest BCUT2D eigenvalue weighted by Gasteiger charge is 2.29. The van der Waals surface area contributed by atoms with E-state index in [1.165, 1.54) is 11.1 Å². The van der Waals surface area contributed by atoms with E-state index in [2.05, 4.69) is 63.8 Å². The molecule has 1 amide bonds. The number of carbonyl (C=O) groups is 1. The molecule has 192 valence electrons. The van der Waals surface area contributed by atoms with Crippen LogP contribution in [0.25, 0.3) is 28.0 Å². The molecule has 6 rings (SSSR count). The summed E-state index contributed by atoms with van der Waals surface area (Å²) in [4.78, 5) is 14.0. The zero-order chi connectivity index (χ0) is 26.2. The molecular formula is C32H30ClN3O2. The summed E-state index contributed by atoms with van der Waals surface area (Å²) < 4.78 is 10.2. The number of nitrogens with zero attached hydrogens (tertiary/aromatic N) is 2. The van der Waals surface area contributed by atoms with Gasteiger partial charge in [0.1, 0.15) is 17.1 Å². The monoisotopic (exact) mass is 523 g/mol. The number of hydrogen-bond acceptors (Lipinski definition) is 2. The lowest BCUT2D eigenvalue weighted by atomic mass is 9.97. The average Bonchev–Trinajstić information content (AvgIpc) is 3.33. The molecule has 1 aliphatic heterocycles. The predicted octanol–water partition coefficient (Wildman–Crippen LogP) is 8.02. The van der Waals surface area contributed by atoms with Crippen molar-refractivity contribution in [3.63, 3.8) is 0 Å². The summed E-state index contributed by atoms with van der Waals surface area (Å²) in [6, 6.07) is 24.0. The number of imidazole rings is 1. The lowest BCUT2D eigenvalue weighted by Crippen LogP contribution is -2.15. The standard InChI is InChI=1S/C32H30ClN3O2/c1-3-38-26-16-14-23(15-17-26)29-27-9-4-5-18-35-28(22-12-10-21(2)11-13-22)20-36(32(27)35)30(29)31(37)34-25-8-6-7-24(33)19-25/h6-8,10-17,19-20H,3-5,9,18H2,1-2H3,(H,34,37). The number of ether oxygens (including phenoxy) is 1. The molecule has 0 unspecified atom stereocenters. The van der Waals surface area contributed by atoms with Crippen LogP contribution in [0.1, 0.15) is 41.4 Å². The highest BCUT2D eigenvalue weighted by molar-refractivity contribution is 6.31. The van der Waals surface area contributed by atoms with Gasteiger partial charge in [0.2, 0.25) is 0 Å². The molecule has 38 heavy (non-hydrogen) atoms. The Morgan fingerprint density at radius 1 is 1.00 bits per heavy atom. The van der Waals surface area contributed by atoms with Crippen LogP contribution in [0.2, 0.25) is 5.02 Å². The first-order chi connectivity index (χ1) is 18.5. The van der Waals surface area contributed by atoms with Crippen LogP contribution in [0, 0.1) is 6.92 Å². The second-order valence-electron chi connectivity index (χ2n) is 9.81. The lowest BCUT2D eigenvalue weighted by molar-refractivity contribution is 0.102. The van der Waals surface area contributed by atoms with Gasteiger partial charge < -0.3 is 14.6 Å². The van der Waals surface area contributed by atoms with E-state index in [1.807, 2.05) is 31.2 Å². The van der Waals surface area contributed by atoms with Gasteiger partial charge in [-0.05, 0) is 74.6 Å². The van der Waals surface area contributed by atoms with Crippen LogP contribution < -0.4 is 10.1 Å². The number of rotatable bonds is 6. The minimum atomic E-state index is -0.161. The van der Waals surface area contributed by atoms with Crippen molar-refractivity contribution in [3.8, 4) is 28.1 Å². The van der Waals surface area contributed by atoms with E-state index < -0.39 is 0 Å². The van der Waals surface area contributed by atoms with E-state index in [1.54, 1.807) is 12.1 Å². The highest BCUT2D eigenvalue weighted by atomic mass is 35.5. The Bertz CT molecular complexity index is 1630. The van der Waals surface area contributed by atoms with Gasteiger partial charge in [0.05, 0.1) is 12.3 Å². The summed E-state index contributed by atoms with van der Waals surface area (Å²) in [5.41, 5.74) is 9.09. The van der Waals surface area contributed by atoms with Gasteiger partial charge in [0.25, 0.3) is 5.91 Å². The Morgan fingerprint density at radius 2 is 1.76 bits per heavy atom. The molecular weight excluding hydrogens is 494 g/mol. The van der Waals surface area contributed by atoms with Crippen LogP contribution in [0.5, 0.6) is 5.75 Å². The first-order valence-corrected chi connectivity index (χ1v) is 13.5. The van der Waals surface area contributed by atoms with Crippen LogP contribution in [-0.2, 0) is 13.0 Å². The molecule has 5 aromatic rings. The molecule has 5 nitrogen and oxygen atoms in total. The molecule has 2 aromatic heterocycles. The van der Waals surface area contributed by atoms with Crippen molar-refractivity contribution in [1.29, 1.82) is 0 Å². The van der Waals surface area contributed by atoms with E-state index in [0.29, 0.717) is 23.0 Å². The van der Waals surface area contributed by atoms with Gasteiger partial charge in [-0.1, -0.05) is 59.6 Å². The van der Waals surface area contributed by atoms with Gasteiger partial charge in [-0.3, -0.25) is 9.20 Å². The van der Waals surface area contributed by atoms with Crippen molar-refractivity contribution in [2.24, 2.45) is 0 Å². The summed E-state index contributed by atoms with van der Waals surface area (Å²) in [6.45, 7) is 5.60. The zero-order valence-electron chi connectivity index (χ0n) is 21.6. The molecule has 0 atom stereocenters. The fourth-order valence-electron chi connectivity index (χ4n) is 5.52. The van der Waals surface area contributed by atoms with Crippen molar-refractivity contribution in [3.05, 3.63) is 101 Å². The maximum Gasteiger partial charge on any atom is 0.273 e. The lowest BCUT2D eigenvalue weighted by Gasteiger charge is -2.11. The van der Waals surface area contributed by atoms with E-state index in [0.717, 1.165) is 59.6 Å². The fraction of sp³-hybridized carbons (Fsp3) is 0.219. The number of anilines is 1. The zero-order valence-corrected chi connectivity index (χ0v) is 22.4. The van der Waals surface area contributed by atoms with Gasteiger partial charge in [-0.15, -0.1) is 0 Å². The summed E-state index contributed by atoms with van der Waals surface area (Å²) in [7, 11) is 0. The van der Waals surface area contributed by atoms with Crippen LogP contribution in [0.4, 0.5) is 5.69 Å². The molecule has 0 saturated carbocycles. The number of carbonyl (C=O) groups excluding carboxylic acids is 1. The third-order valence-electron chi connectivity index (χ3n) is 7.23. The average molecular weight is 524 g/mol. The molecule has 0 bridgehead atoms. The topological polar surface area (TPSA) is 47.7 Å². The summed E-state index contributed by atoms with van der Waals surface area (Å²) >= 11 is 6.22. The number of halogens is 1. The number of benzene rings is 3. The van der Waals surface area contributed by atoms with Crippen molar-refractivity contribution < 1.29 is 9.53 Å². The largest absolute Gasteiger partial charge is 0.494 e. The summed E-state index contributed by atoms with van der Waals surface area (Å²) in [5.74, 6) is 0.660. The van der Waals surface area contributed by atoms with Crippen molar-refractivity contribution in [1.82, 2.24) is 8.97 Å². The molecule has 0 aliphatic carbocycles. The molecule has 3 heterocycles. The predicted molar refractivity (Wildman–Crippen MR) is 155 cm³/mol. The Balaban J connectivity index is 1.58. The second-order valence-corrected chi connectivity index (χ2v) is 10.2. The number of aryl methyl sites for hydroxylation is 3. The van der Waals surface area contributed by atoms with Gasteiger partial charge in [0.15, 0.2) is 0 Å². The Morgan fingerprint density at radius 3 is 2.50 bits per heavy atom. The van der Waals surface area contributed by atoms with E-state index in [4.69, 9.17) is 16.3 Å². The minimum absolute atomic E-state index is 0.161. The third-order valence-corrected chi connectivity index (χ3v) is 7.47. The first kappa shape index (κ1) is 24.4. The van der Waals surface area contributed by atoms with Crippen LogP contribution in [0.15, 0.2) is 79.0 Å². The molecule has 0 radical (unpaired) electrons. The molecule has 0 fully saturated rings. The van der Waals surface area contributed by atoms with E-state index in [-0.39, 0.29) is 5.91 Å². The SMILES string of the molecule is CCOc1ccc(-c2c3c4n(c(-c5ccc(C)cc5)cn4c2C(=O)Nc2cccc(Cl)c2)CCCC3)cc1. The quantitative estimate of drug-likeness (QED) is 0.245. The first-order valence-electron chi connectivity index (χ1n) is 13.2. The molecule has 0 spiro atoms. The van der Waals surface area contributed by atoms with Crippen molar-refractivity contribution in [2.45, 2.75) is 39.7 Å². The smallest absolute Gasteiger partial charge is 0.273 e. The molecule has 6 heteroatoms. The Hall–Kier alpha value is -3.96. The molecule has 1 N–H and O–H groups in total. The van der Waals surface area contributed by atoms with Crippen LogP contribution in [0.3, 0.4) is 0 Å². The van der Waals surface area contributed by atoms with Crippen LogP contribution in [-0.4, -0.2) is 21.5 Å². The normalized spacial score (nSPS) is 12.9. The van der Waals surface area contributed by atoms with Gasteiger partial charge >= 0.3 is 0 Å². The molecule has 1 aliphatic rings. The van der Waals surface area contributed by atoms with Crippen molar-refractivity contribution in [2.75, 3.05) is 11.9 Å². The number of nitrogens with one attached hydrogen (secondary N) is 1. The number of amides is 1. The molecule has 0 saturated heterocycles. The Labute approximate surface area is 227 Å². The number of hydrogen-bond donors (Lipinski definition) is 1. The van der Waals surface area contributed by atoms with Crippen molar-refractivity contribution >= 4 is 28.8 Å². The van der Waals surface area contributed by atoms with E-state index >= 15 is 0 Å². The van der Waals surface area contributed by atoms with Gasteiger partial charge in [-0.25, -0.2) is 0 Å². The third kappa shape index (κ3) is 4.37. The van der Waals surface area contributed by atoms with Gasteiger partial charge in [-0.2, -0.15) is 0 Å². The Kier molecular flexibility index (Phi) is 6.46. The summed E-state index contributed by atoms with van der Waals surface area (Å²) in [6.07, 6.45) is 5.19. The minimum Gasteiger partial charge on any atom is -0.494 e. The highest BCUT2D eigenvalue weighted by Crippen LogP contribution is 2.40. The van der Waals surface area contributed by atoms with Gasteiger partial charge in [0, 0.05) is 34.6 Å². The second kappa shape index (κ2) is 10.1. The van der Waals surface area contributed by atoms with E-state index in [9.17, 15) is 4.79 Å². The van der Waals surface area contributed by atoms with Crippen LogP contribution >= 0.6 is 11.6 Å².